The van der Waals surface area contributed by atoms with E-state index in [4.69, 9.17) is 9.47 Å². The number of carbonyl (C=O) groups excluding carboxylic acids is 2. The van der Waals surface area contributed by atoms with Gasteiger partial charge in [-0.1, -0.05) is 54.6 Å². The lowest BCUT2D eigenvalue weighted by Crippen LogP contribution is -2.10. The van der Waals surface area contributed by atoms with E-state index < -0.39 is 5.97 Å². The van der Waals surface area contributed by atoms with Gasteiger partial charge in [0, 0.05) is 0 Å². The maximum Gasteiger partial charge on any atom is 0.342 e. The summed E-state index contributed by atoms with van der Waals surface area (Å²) in [6.45, 7) is 1.90. The maximum absolute atomic E-state index is 12.2. The van der Waals surface area contributed by atoms with Crippen LogP contribution in [0.4, 0.5) is 0 Å². The van der Waals surface area contributed by atoms with E-state index in [9.17, 15) is 9.59 Å². The average molecular weight is 336 g/mol. The lowest BCUT2D eigenvalue weighted by molar-refractivity contribution is -0.139. The van der Waals surface area contributed by atoms with E-state index in [2.05, 4.69) is 0 Å². The number of allylic oxidation sites excluding steroid dienone is 2. The third-order valence-electron chi connectivity index (χ3n) is 3.55. The zero-order valence-corrected chi connectivity index (χ0v) is 14.3. The molecular weight excluding hydrogens is 316 g/mol. The molecule has 0 spiro atoms. The normalized spacial score (nSPS) is 11.8. The Bertz CT molecular complexity index is 771. The Morgan fingerprint density at radius 3 is 2.28 bits per heavy atom. The number of carbonyl (C=O) groups is 2. The van der Waals surface area contributed by atoms with Gasteiger partial charge in [0.15, 0.2) is 6.29 Å². The SMILES string of the molecule is CCOC(=O)/C(C=O)=C(/C=C/c1ccccc1)c1ccc(OC)cc1. The molecule has 0 atom stereocenters. The van der Waals surface area contributed by atoms with Gasteiger partial charge in [-0.2, -0.15) is 0 Å². The summed E-state index contributed by atoms with van der Waals surface area (Å²) in [6, 6.07) is 16.8. The van der Waals surface area contributed by atoms with Gasteiger partial charge in [0.2, 0.25) is 0 Å². The number of hydrogen-bond donors (Lipinski definition) is 0. The molecule has 0 heterocycles. The number of aldehydes is 1. The van der Waals surface area contributed by atoms with E-state index in [1.807, 2.05) is 36.4 Å². The van der Waals surface area contributed by atoms with Crippen LogP contribution in [0.5, 0.6) is 5.75 Å². The number of ether oxygens (including phenoxy) is 2. The fourth-order valence-electron chi connectivity index (χ4n) is 2.29. The minimum atomic E-state index is -0.638. The first kappa shape index (κ1) is 18.2. The van der Waals surface area contributed by atoms with Crippen LogP contribution >= 0.6 is 0 Å². The molecule has 0 amide bonds. The van der Waals surface area contributed by atoms with Crippen molar-refractivity contribution in [3.63, 3.8) is 0 Å². The fourth-order valence-corrected chi connectivity index (χ4v) is 2.29. The van der Waals surface area contributed by atoms with Crippen LogP contribution in [0.25, 0.3) is 11.6 Å². The van der Waals surface area contributed by atoms with Crippen molar-refractivity contribution < 1.29 is 19.1 Å². The van der Waals surface area contributed by atoms with Crippen molar-refractivity contribution in [3.05, 3.63) is 77.4 Å². The van der Waals surface area contributed by atoms with Crippen LogP contribution in [0, 0.1) is 0 Å². The molecule has 0 aromatic heterocycles. The van der Waals surface area contributed by atoms with Crippen molar-refractivity contribution in [2.75, 3.05) is 13.7 Å². The second-order valence-electron chi connectivity index (χ2n) is 5.14. The third kappa shape index (κ3) is 4.91. The maximum atomic E-state index is 12.2. The molecule has 2 aromatic rings. The van der Waals surface area contributed by atoms with Gasteiger partial charge < -0.3 is 9.47 Å². The molecule has 4 nitrogen and oxygen atoms in total. The van der Waals surface area contributed by atoms with E-state index in [1.165, 1.54) is 0 Å². The van der Waals surface area contributed by atoms with Crippen molar-refractivity contribution >= 4 is 23.9 Å². The number of rotatable bonds is 7. The van der Waals surface area contributed by atoms with Gasteiger partial charge >= 0.3 is 5.97 Å². The van der Waals surface area contributed by atoms with Gasteiger partial charge in [-0.05, 0) is 35.8 Å². The number of hydrogen-bond acceptors (Lipinski definition) is 4. The van der Waals surface area contributed by atoms with Gasteiger partial charge in [0.1, 0.15) is 11.3 Å². The highest BCUT2D eigenvalue weighted by Gasteiger charge is 2.16. The Morgan fingerprint density at radius 1 is 1.04 bits per heavy atom. The lowest BCUT2D eigenvalue weighted by Gasteiger charge is -2.09. The average Bonchev–Trinajstić information content (AvgIpc) is 2.66. The lowest BCUT2D eigenvalue weighted by atomic mass is 9.99. The molecule has 0 aliphatic carbocycles. The van der Waals surface area contributed by atoms with Crippen LogP contribution in [0.15, 0.2) is 66.2 Å². The van der Waals surface area contributed by atoms with Gasteiger partial charge in [-0.3, -0.25) is 4.79 Å². The molecule has 0 saturated carbocycles. The summed E-state index contributed by atoms with van der Waals surface area (Å²) in [5, 5.41) is 0. The first-order chi connectivity index (χ1) is 12.2. The Labute approximate surface area is 147 Å². The predicted octanol–water partition coefficient (Wildman–Crippen LogP) is 3.92. The molecule has 25 heavy (non-hydrogen) atoms. The number of esters is 1. The van der Waals surface area contributed by atoms with Crippen LogP contribution in [-0.2, 0) is 14.3 Å². The number of methoxy groups -OCH3 is 1. The van der Waals surface area contributed by atoms with E-state index >= 15 is 0 Å². The van der Waals surface area contributed by atoms with Crippen molar-refractivity contribution in [3.8, 4) is 5.75 Å². The first-order valence-corrected chi connectivity index (χ1v) is 7.93. The molecular formula is C21H20O4. The number of benzene rings is 2. The van der Waals surface area contributed by atoms with Crippen LogP contribution < -0.4 is 4.74 Å². The molecule has 0 N–H and O–H groups in total. The van der Waals surface area contributed by atoms with E-state index in [1.54, 1.807) is 44.4 Å². The summed E-state index contributed by atoms with van der Waals surface area (Å²) in [4.78, 5) is 23.7. The van der Waals surface area contributed by atoms with E-state index in [0.717, 1.165) is 11.1 Å². The second-order valence-corrected chi connectivity index (χ2v) is 5.14. The molecule has 2 rings (SSSR count). The molecule has 0 unspecified atom stereocenters. The third-order valence-corrected chi connectivity index (χ3v) is 3.55. The molecule has 2 aromatic carbocycles. The largest absolute Gasteiger partial charge is 0.497 e. The standard InChI is InChI=1S/C21H20O4/c1-3-25-21(23)20(15-22)19(14-9-16-7-5-4-6-8-16)17-10-12-18(24-2)13-11-17/h4-15H,3H2,1-2H3/b14-9+,20-19-. The van der Waals surface area contributed by atoms with Gasteiger partial charge in [0.25, 0.3) is 0 Å². The van der Waals surface area contributed by atoms with Crippen molar-refractivity contribution in [2.45, 2.75) is 6.92 Å². The molecule has 0 bridgehead atoms. The van der Waals surface area contributed by atoms with E-state index in [0.29, 0.717) is 17.6 Å². The topological polar surface area (TPSA) is 52.6 Å². The monoisotopic (exact) mass is 336 g/mol. The second kappa shape index (κ2) is 9.23. The molecule has 0 aliphatic rings. The minimum absolute atomic E-state index is 0.0146. The first-order valence-electron chi connectivity index (χ1n) is 7.93. The van der Waals surface area contributed by atoms with Gasteiger partial charge in [-0.25, -0.2) is 4.79 Å². The van der Waals surface area contributed by atoms with Crippen molar-refractivity contribution in [1.29, 1.82) is 0 Å². The Kier molecular flexibility index (Phi) is 6.72. The fraction of sp³-hybridized carbons (Fsp3) is 0.143. The van der Waals surface area contributed by atoms with Crippen LogP contribution in [0.1, 0.15) is 18.1 Å². The van der Waals surface area contributed by atoms with E-state index in [-0.39, 0.29) is 12.2 Å². The van der Waals surface area contributed by atoms with Crippen molar-refractivity contribution in [2.24, 2.45) is 0 Å². The Balaban J connectivity index is 2.51. The summed E-state index contributed by atoms with van der Waals surface area (Å²) >= 11 is 0. The highest BCUT2D eigenvalue weighted by molar-refractivity contribution is 6.16. The zero-order valence-electron chi connectivity index (χ0n) is 14.3. The molecule has 0 fully saturated rings. The molecule has 0 radical (unpaired) electrons. The smallest absolute Gasteiger partial charge is 0.342 e. The van der Waals surface area contributed by atoms with Crippen LogP contribution in [0.3, 0.4) is 0 Å². The molecule has 0 aliphatic heterocycles. The summed E-state index contributed by atoms with van der Waals surface area (Å²) < 4.78 is 10.2. The predicted molar refractivity (Wildman–Crippen MR) is 98.1 cm³/mol. The van der Waals surface area contributed by atoms with Gasteiger partial charge in [-0.15, -0.1) is 0 Å². The quantitative estimate of drug-likeness (QED) is 0.192. The summed E-state index contributed by atoms with van der Waals surface area (Å²) in [6.07, 6.45) is 4.13. The zero-order chi connectivity index (χ0) is 18.1. The summed E-state index contributed by atoms with van der Waals surface area (Å²) in [5.41, 5.74) is 2.17. The summed E-state index contributed by atoms with van der Waals surface area (Å²) in [7, 11) is 1.58. The molecule has 128 valence electrons. The Morgan fingerprint density at radius 2 is 1.72 bits per heavy atom. The highest BCUT2D eigenvalue weighted by Crippen LogP contribution is 2.24. The highest BCUT2D eigenvalue weighted by atomic mass is 16.5. The summed E-state index contributed by atoms with van der Waals surface area (Å²) in [5.74, 6) is 0.0555. The minimum Gasteiger partial charge on any atom is -0.497 e. The van der Waals surface area contributed by atoms with Crippen molar-refractivity contribution in [1.82, 2.24) is 0 Å². The Hall–Kier alpha value is -3.14. The molecule has 0 saturated heterocycles. The van der Waals surface area contributed by atoms with Crippen LogP contribution in [0.2, 0.25) is 0 Å². The molecule has 4 heteroatoms. The van der Waals surface area contributed by atoms with Crippen LogP contribution in [-0.4, -0.2) is 26.0 Å². The van der Waals surface area contributed by atoms with Gasteiger partial charge in [0.05, 0.1) is 13.7 Å².